The number of methoxy groups -OCH3 is 1. The third-order valence-electron chi connectivity index (χ3n) is 7.36. The van der Waals surface area contributed by atoms with Gasteiger partial charge in [0.05, 0.1) is 7.11 Å². The van der Waals surface area contributed by atoms with Crippen molar-refractivity contribution in [3.63, 3.8) is 0 Å². The summed E-state index contributed by atoms with van der Waals surface area (Å²) in [5.41, 5.74) is 10.2. The van der Waals surface area contributed by atoms with Crippen LogP contribution in [0.3, 0.4) is 0 Å². The van der Waals surface area contributed by atoms with Crippen molar-refractivity contribution < 1.29 is 17.5 Å². The van der Waals surface area contributed by atoms with Gasteiger partial charge in [0, 0.05) is 30.0 Å². The lowest BCUT2D eigenvalue weighted by atomic mass is 9.76. The summed E-state index contributed by atoms with van der Waals surface area (Å²) in [6.07, 6.45) is 10.8. The molecule has 0 unspecified atom stereocenters. The van der Waals surface area contributed by atoms with E-state index in [1.54, 1.807) is 13.3 Å². The number of aryl methyl sites for hydroxylation is 2. The van der Waals surface area contributed by atoms with Gasteiger partial charge in [-0.2, -0.15) is 0 Å². The maximum atomic E-state index is 14.6. The van der Waals surface area contributed by atoms with Crippen LogP contribution in [-0.2, 0) is 29.3 Å². The van der Waals surface area contributed by atoms with Crippen molar-refractivity contribution in [1.29, 1.82) is 0 Å². The lowest BCUT2D eigenvalue weighted by Gasteiger charge is -2.35. The van der Waals surface area contributed by atoms with Gasteiger partial charge in [-0.25, -0.2) is 17.9 Å². The van der Waals surface area contributed by atoms with Crippen LogP contribution in [0.2, 0.25) is 0 Å². The number of pyridine rings is 1. The zero-order valence-electron chi connectivity index (χ0n) is 23.1. The minimum absolute atomic E-state index is 0. The highest BCUT2D eigenvalue weighted by Crippen LogP contribution is 2.36. The summed E-state index contributed by atoms with van der Waals surface area (Å²) in [5, 5.41) is 8.92. The Morgan fingerprint density at radius 3 is 2.51 bits per heavy atom. The highest BCUT2D eigenvalue weighted by atomic mass is 35.5. The van der Waals surface area contributed by atoms with Crippen LogP contribution in [0, 0.1) is 5.82 Å². The molecule has 0 fully saturated rings. The Kier molecular flexibility index (Phi) is 15.4. The highest BCUT2D eigenvalue weighted by Gasteiger charge is 2.29. The second kappa shape index (κ2) is 17.1. The summed E-state index contributed by atoms with van der Waals surface area (Å²) in [5.74, 6) is 0.459. The van der Waals surface area contributed by atoms with E-state index in [1.807, 2.05) is 18.3 Å². The molecule has 2 aromatic carbocycles. The van der Waals surface area contributed by atoms with E-state index < -0.39 is 20.7 Å². The molecule has 0 saturated carbocycles. The van der Waals surface area contributed by atoms with Crippen molar-refractivity contribution in [3.8, 4) is 5.75 Å². The van der Waals surface area contributed by atoms with Crippen molar-refractivity contribution in [2.75, 3.05) is 19.4 Å². The number of rotatable bonds is 12. The number of nitrogens with one attached hydrogen (secondary N) is 1. The molecular weight excluding hydrogens is 610 g/mol. The van der Waals surface area contributed by atoms with Crippen LogP contribution in [-0.4, -0.2) is 33.1 Å². The Morgan fingerprint density at radius 1 is 1.07 bits per heavy atom. The van der Waals surface area contributed by atoms with Crippen molar-refractivity contribution in [2.24, 2.45) is 5.14 Å². The van der Waals surface area contributed by atoms with Crippen LogP contribution in [0.5, 0.6) is 5.75 Å². The third kappa shape index (κ3) is 9.98. The average molecular weight is 650 g/mol. The highest BCUT2D eigenvalue weighted by molar-refractivity contribution is 7.89. The number of primary sulfonamides is 1. The first kappa shape index (κ1) is 36.9. The molecule has 3 aromatic rings. The number of nitrogens with zero attached hydrogens (tertiary/aromatic N) is 1. The van der Waals surface area contributed by atoms with Crippen molar-refractivity contribution in [1.82, 2.24) is 10.3 Å². The van der Waals surface area contributed by atoms with Gasteiger partial charge in [-0.15, -0.1) is 37.2 Å². The van der Waals surface area contributed by atoms with Gasteiger partial charge in [-0.05, 0) is 97.7 Å². The van der Waals surface area contributed by atoms with Crippen LogP contribution in [0.25, 0.3) is 0 Å². The van der Waals surface area contributed by atoms with E-state index in [1.165, 1.54) is 22.8 Å². The average Bonchev–Trinajstić information content (AvgIpc) is 2.90. The largest absolute Gasteiger partial charge is 0.497 e. The minimum Gasteiger partial charge on any atom is -0.497 e. The first-order chi connectivity index (χ1) is 18.3. The second-order valence-electron chi connectivity index (χ2n) is 10.0. The van der Waals surface area contributed by atoms with Crippen molar-refractivity contribution >= 4 is 52.9 Å². The van der Waals surface area contributed by atoms with Gasteiger partial charge in [-0.3, -0.25) is 4.98 Å². The summed E-state index contributed by atoms with van der Waals surface area (Å²) in [4.78, 5) is 3.77. The van der Waals surface area contributed by atoms with Gasteiger partial charge in [0.25, 0.3) is 0 Å². The summed E-state index contributed by atoms with van der Waals surface area (Å²) >= 11 is 0. The van der Waals surface area contributed by atoms with E-state index in [-0.39, 0.29) is 42.9 Å². The molecule has 0 radical (unpaired) electrons. The molecule has 4 rings (SSSR count). The molecule has 0 saturated heterocycles. The predicted molar refractivity (Wildman–Crippen MR) is 170 cm³/mol. The predicted octanol–water partition coefficient (Wildman–Crippen LogP) is 5.76. The van der Waals surface area contributed by atoms with Crippen molar-refractivity contribution in [3.05, 3.63) is 82.9 Å². The van der Waals surface area contributed by atoms with E-state index in [9.17, 15) is 12.8 Å². The van der Waals surface area contributed by atoms with Crippen LogP contribution < -0.4 is 20.9 Å². The molecule has 1 heterocycles. The number of nitrogen functional groups attached to an aromatic ring is 1. The number of fused-ring (bicyclic) bond motifs is 1. The molecule has 1 aliphatic carbocycles. The molecule has 0 aliphatic heterocycles. The molecular formula is C29H40Cl3FN4O3S. The minimum atomic E-state index is -4.15. The molecule has 228 valence electrons. The Morgan fingerprint density at radius 2 is 1.83 bits per heavy atom. The number of aromatic nitrogens is 1. The maximum Gasteiger partial charge on any atom is 0.241 e. The summed E-state index contributed by atoms with van der Waals surface area (Å²) in [7, 11) is -2.45. The Balaban J connectivity index is 0.00000280. The van der Waals surface area contributed by atoms with E-state index in [0.29, 0.717) is 23.9 Å². The summed E-state index contributed by atoms with van der Waals surface area (Å²) in [6, 6.07) is 13.5. The molecule has 0 amide bonds. The van der Waals surface area contributed by atoms with Crippen LogP contribution in [0.15, 0.2) is 59.8 Å². The number of hydrogen-bond acceptors (Lipinski definition) is 6. The third-order valence-corrected chi connectivity index (χ3v) is 8.27. The number of unbranched alkanes of at least 4 members (excludes halogenated alkanes) is 3. The Bertz CT molecular complexity index is 1350. The lowest BCUT2D eigenvalue weighted by molar-refractivity contribution is 0.376. The zero-order valence-corrected chi connectivity index (χ0v) is 26.3. The molecule has 0 spiro atoms. The molecule has 1 aliphatic rings. The molecule has 5 N–H and O–H groups in total. The molecule has 0 bridgehead atoms. The number of benzene rings is 2. The van der Waals surface area contributed by atoms with Crippen molar-refractivity contribution in [2.45, 2.75) is 68.2 Å². The summed E-state index contributed by atoms with van der Waals surface area (Å²) in [6.45, 7) is 0.905. The molecule has 41 heavy (non-hydrogen) atoms. The van der Waals surface area contributed by atoms with Gasteiger partial charge in [-0.1, -0.05) is 25.0 Å². The fraction of sp³-hybridized carbons (Fsp3) is 0.414. The van der Waals surface area contributed by atoms with E-state index >= 15 is 0 Å². The molecule has 1 aromatic heterocycles. The number of ether oxygens (including phenoxy) is 1. The van der Waals surface area contributed by atoms with E-state index in [0.717, 1.165) is 63.3 Å². The van der Waals surface area contributed by atoms with Crippen LogP contribution >= 0.6 is 37.2 Å². The maximum absolute atomic E-state index is 14.6. The van der Waals surface area contributed by atoms with Gasteiger partial charge < -0.3 is 15.8 Å². The Hall–Kier alpha value is -2.14. The number of hydrogen-bond donors (Lipinski definition) is 3. The number of nitrogens with two attached hydrogens (primary N) is 2. The second-order valence-corrected chi connectivity index (χ2v) is 11.6. The SMILES string of the molecule is COc1ccc2c(c1)CC[C@H](NCCCCCCc1cc(N)cc(S(N)(=O)=O)c1F)[C@@H]2Cc1cccnc1.Cl.Cl.Cl. The number of sulfonamides is 1. The Labute approximate surface area is 261 Å². The van der Waals surface area contributed by atoms with Crippen LogP contribution in [0.1, 0.15) is 60.3 Å². The zero-order chi connectivity index (χ0) is 27.1. The normalized spacial score (nSPS) is 16.0. The van der Waals surface area contributed by atoms with E-state index in [2.05, 4.69) is 28.5 Å². The topological polar surface area (TPSA) is 120 Å². The standard InChI is InChI=1S/C29H37FN4O3S.3ClH/c1-37-24-10-11-25-21(17-24)9-12-27(26(25)15-20-7-6-13-33-19-20)34-14-5-3-2-4-8-22-16-23(31)18-28(29(22)30)38(32,35)36;;;/h6-7,10-11,13,16-19,26-27,34H,2-5,8-9,12,14-15,31H2,1H3,(H2,32,35,36);3*1H/t26-,27+;;;/m1.../s1. The van der Waals surface area contributed by atoms with Crippen LogP contribution in [0.4, 0.5) is 10.1 Å². The molecule has 7 nitrogen and oxygen atoms in total. The molecule has 12 heteroatoms. The van der Waals surface area contributed by atoms with Gasteiger partial charge in [0.2, 0.25) is 10.0 Å². The lowest BCUT2D eigenvalue weighted by Crippen LogP contribution is -2.39. The quantitative estimate of drug-likeness (QED) is 0.170. The molecule has 2 atom stereocenters. The first-order valence-corrected chi connectivity index (χ1v) is 14.7. The monoisotopic (exact) mass is 648 g/mol. The van der Waals surface area contributed by atoms with Gasteiger partial charge in [0.1, 0.15) is 16.5 Å². The number of halogens is 4. The fourth-order valence-corrected chi connectivity index (χ4v) is 6.12. The first-order valence-electron chi connectivity index (χ1n) is 13.2. The van der Waals surface area contributed by atoms with E-state index in [4.69, 9.17) is 15.6 Å². The summed E-state index contributed by atoms with van der Waals surface area (Å²) < 4.78 is 43.3. The fourth-order valence-electron chi connectivity index (χ4n) is 5.44. The van der Waals surface area contributed by atoms with Gasteiger partial charge in [0.15, 0.2) is 0 Å². The van der Waals surface area contributed by atoms with Gasteiger partial charge >= 0.3 is 0 Å². The number of anilines is 1. The smallest absolute Gasteiger partial charge is 0.241 e.